The van der Waals surface area contributed by atoms with Crippen molar-refractivity contribution < 1.29 is 13.2 Å². The second-order valence-corrected chi connectivity index (χ2v) is 7.69. The van der Waals surface area contributed by atoms with Crippen molar-refractivity contribution in [2.45, 2.75) is 70.4 Å². The van der Waals surface area contributed by atoms with Crippen molar-refractivity contribution in [3.63, 3.8) is 0 Å². The van der Waals surface area contributed by atoms with Gasteiger partial charge in [0.15, 0.2) is 0 Å². The molecule has 2 N–H and O–H groups in total. The number of pyridine rings is 1. The third kappa shape index (κ3) is 5.09. The van der Waals surface area contributed by atoms with Gasteiger partial charge in [-0.05, 0) is 48.9 Å². The molecule has 1 aromatic carbocycles. The second kappa shape index (κ2) is 9.30. The van der Waals surface area contributed by atoms with Gasteiger partial charge in [-0.25, -0.2) is 4.98 Å². The van der Waals surface area contributed by atoms with Gasteiger partial charge in [0.05, 0.1) is 5.56 Å². The van der Waals surface area contributed by atoms with E-state index in [9.17, 15) is 18.4 Å². The van der Waals surface area contributed by atoms with E-state index in [0.29, 0.717) is 17.5 Å². The van der Waals surface area contributed by atoms with E-state index in [1.54, 1.807) is 6.07 Å². The maximum atomic E-state index is 13.3. The summed E-state index contributed by atoms with van der Waals surface area (Å²) in [6.45, 7) is 0. The van der Waals surface area contributed by atoms with Crippen LogP contribution in [0.25, 0.3) is 11.1 Å². The first-order valence-corrected chi connectivity index (χ1v) is 10.3. The molecule has 3 nitrogen and oxygen atoms in total. The van der Waals surface area contributed by atoms with Crippen LogP contribution in [0.2, 0.25) is 0 Å². The van der Waals surface area contributed by atoms with Gasteiger partial charge in [0, 0.05) is 11.3 Å². The third-order valence-electron chi connectivity index (χ3n) is 5.59. The molecular weight excluding hydrogens is 375 g/mol. The van der Waals surface area contributed by atoms with Gasteiger partial charge in [0.2, 0.25) is 0 Å². The zero-order chi connectivity index (χ0) is 20.9. The van der Waals surface area contributed by atoms with Crippen LogP contribution in [0.1, 0.15) is 73.8 Å². The maximum absolute atomic E-state index is 13.3. The number of nitrogens with two attached hydrogens (primary N) is 1. The fourth-order valence-electron chi connectivity index (χ4n) is 4.11. The number of nitriles is 1. The molecule has 0 aliphatic heterocycles. The predicted octanol–water partition coefficient (Wildman–Crippen LogP) is 6.44. The van der Waals surface area contributed by atoms with E-state index in [1.807, 2.05) is 0 Å². The van der Waals surface area contributed by atoms with Crippen molar-refractivity contribution in [1.29, 1.82) is 5.26 Å². The zero-order valence-corrected chi connectivity index (χ0v) is 16.5. The first kappa shape index (κ1) is 21.2. The van der Waals surface area contributed by atoms with Crippen LogP contribution in [0.4, 0.5) is 19.0 Å². The lowest BCUT2D eigenvalue weighted by molar-refractivity contribution is -0.137. The summed E-state index contributed by atoms with van der Waals surface area (Å²) in [6.07, 6.45) is 5.84. The molecule has 1 aliphatic carbocycles. The summed E-state index contributed by atoms with van der Waals surface area (Å²) >= 11 is 0. The van der Waals surface area contributed by atoms with E-state index >= 15 is 0 Å². The monoisotopic (exact) mass is 401 g/mol. The SMILES string of the molecule is N#Cc1c(N)nc2c(c1-c1cccc(C(F)(F)F)c1)CCCCCCCCCC2. The number of aromatic nitrogens is 1. The molecular formula is C23H26F3N3. The molecule has 0 atom stereocenters. The Morgan fingerprint density at radius 3 is 2.17 bits per heavy atom. The average Bonchev–Trinajstić information content (AvgIpc) is 2.68. The number of hydrogen-bond donors (Lipinski definition) is 1. The Kier molecular flexibility index (Phi) is 6.79. The Balaban J connectivity index is 2.15. The van der Waals surface area contributed by atoms with Gasteiger partial charge in [0.1, 0.15) is 17.5 Å². The summed E-state index contributed by atoms with van der Waals surface area (Å²) < 4.78 is 39.9. The highest BCUT2D eigenvalue weighted by Crippen LogP contribution is 2.37. The molecule has 1 aromatic heterocycles. The second-order valence-electron chi connectivity index (χ2n) is 7.69. The van der Waals surface area contributed by atoms with Crippen LogP contribution in [0.3, 0.4) is 0 Å². The number of aryl methyl sites for hydroxylation is 1. The number of anilines is 1. The van der Waals surface area contributed by atoms with Crippen LogP contribution in [0.15, 0.2) is 24.3 Å². The normalized spacial score (nSPS) is 16.2. The van der Waals surface area contributed by atoms with Crippen molar-refractivity contribution in [2.24, 2.45) is 0 Å². The summed E-state index contributed by atoms with van der Waals surface area (Å²) in [7, 11) is 0. The van der Waals surface area contributed by atoms with E-state index < -0.39 is 11.7 Å². The van der Waals surface area contributed by atoms with Crippen molar-refractivity contribution in [1.82, 2.24) is 4.98 Å². The molecule has 3 rings (SSSR count). The summed E-state index contributed by atoms with van der Waals surface area (Å²) in [5.41, 5.74) is 8.15. The van der Waals surface area contributed by atoms with E-state index in [1.165, 1.54) is 25.3 Å². The Hall–Kier alpha value is -2.55. The fourth-order valence-corrected chi connectivity index (χ4v) is 4.11. The number of nitrogen functional groups attached to an aromatic ring is 1. The Bertz CT molecular complexity index is 897. The van der Waals surface area contributed by atoms with Gasteiger partial charge in [-0.2, -0.15) is 18.4 Å². The lowest BCUT2D eigenvalue weighted by atomic mass is 9.88. The largest absolute Gasteiger partial charge is 0.416 e. The third-order valence-corrected chi connectivity index (χ3v) is 5.59. The number of nitrogens with zero attached hydrogens (tertiary/aromatic N) is 2. The average molecular weight is 401 g/mol. The molecule has 0 spiro atoms. The number of halogens is 3. The van der Waals surface area contributed by atoms with Gasteiger partial charge < -0.3 is 5.73 Å². The fraction of sp³-hybridized carbons (Fsp3) is 0.478. The summed E-state index contributed by atoms with van der Waals surface area (Å²) in [4.78, 5) is 4.50. The number of alkyl halides is 3. The van der Waals surface area contributed by atoms with Gasteiger partial charge >= 0.3 is 6.18 Å². The molecule has 0 unspecified atom stereocenters. The van der Waals surface area contributed by atoms with Crippen molar-refractivity contribution >= 4 is 5.82 Å². The molecule has 1 aliphatic rings. The lowest BCUT2D eigenvalue weighted by Crippen LogP contribution is -2.10. The molecule has 0 saturated heterocycles. The number of hydrogen-bond acceptors (Lipinski definition) is 3. The molecule has 1 heterocycles. The minimum absolute atomic E-state index is 0.103. The van der Waals surface area contributed by atoms with Crippen LogP contribution in [-0.2, 0) is 19.0 Å². The number of fused-ring (bicyclic) bond motifs is 1. The first-order chi connectivity index (χ1) is 13.9. The van der Waals surface area contributed by atoms with Gasteiger partial charge in [-0.15, -0.1) is 0 Å². The van der Waals surface area contributed by atoms with Crippen molar-refractivity contribution in [2.75, 3.05) is 5.73 Å². The standard InChI is InChI=1S/C23H26F3N3/c24-23(25,26)17-11-9-10-16(14-17)21-18-12-7-5-3-1-2-4-6-8-13-20(18)29-22(28)19(21)15-27/h9-11,14H,1-8,12-13H2,(H2,28,29). The van der Waals surface area contributed by atoms with Crippen LogP contribution in [-0.4, -0.2) is 4.98 Å². The maximum Gasteiger partial charge on any atom is 0.416 e. The minimum atomic E-state index is -4.44. The summed E-state index contributed by atoms with van der Waals surface area (Å²) in [6, 6.07) is 7.27. The van der Waals surface area contributed by atoms with E-state index in [4.69, 9.17) is 5.73 Å². The quantitative estimate of drug-likeness (QED) is 0.598. The lowest BCUT2D eigenvalue weighted by Gasteiger charge is -2.19. The highest BCUT2D eigenvalue weighted by Gasteiger charge is 2.31. The van der Waals surface area contributed by atoms with Crippen LogP contribution >= 0.6 is 0 Å². The molecule has 0 amide bonds. The minimum Gasteiger partial charge on any atom is -0.383 e. The molecule has 0 saturated carbocycles. The highest BCUT2D eigenvalue weighted by molar-refractivity contribution is 5.79. The van der Waals surface area contributed by atoms with Gasteiger partial charge in [-0.3, -0.25) is 0 Å². The molecule has 0 radical (unpaired) electrons. The highest BCUT2D eigenvalue weighted by atomic mass is 19.4. The number of rotatable bonds is 1. The van der Waals surface area contributed by atoms with E-state index in [2.05, 4.69) is 11.1 Å². The molecule has 0 bridgehead atoms. The predicted molar refractivity (Wildman–Crippen MR) is 108 cm³/mol. The smallest absolute Gasteiger partial charge is 0.383 e. The molecule has 2 aromatic rings. The van der Waals surface area contributed by atoms with Crippen molar-refractivity contribution in [3.05, 3.63) is 46.6 Å². The summed E-state index contributed by atoms with van der Waals surface area (Å²) in [5, 5.41) is 9.71. The van der Waals surface area contributed by atoms with Crippen LogP contribution < -0.4 is 5.73 Å². The number of benzene rings is 1. The van der Waals surface area contributed by atoms with Crippen LogP contribution in [0, 0.1) is 11.3 Å². The molecule has 29 heavy (non-hydrogen) atoms. The molecule has 6 heteroatoms. The Morgan fingerprint density at radius 2 is 1.55 bits per heavy atom. The van der Waals surface area contributed by atoms with E-state index in [0.717, 1.165) is 61.9 Å². The zero-order valence-electron chi connectivity index (χ0n) is 16.5. The molecule has 0 fully saturated rings. The van der Waals surface area contributed by atoms with Crippen molar-refractivity contribution in [3.8, 4) is 17.2 Å². The Morgan fingerprint density at radius 1 is 0.931 bits per heavy atom. The molecule has 154 valence electrons. The van der Waals surface area contributed by atoms with Gasteiger partial charge in [-0.1, -0.05) is 50.7 Å². The summed E-state index contributed by atoms with van der Waals surface area (Å²) in [5.74, 6) is 0.103. The first-order valence-electron chi connectivity index (χ1n) is 10.3. The van der Waals surface area contributed by atoms with Gasteiger partial charge in [0.25, 0.3) is 0 Å². The topological polar surface area (TPSA) is 62.7 Å². The van der Waals surface area contributed by atoms with E-state index in [-0.39, 0.29) is 11.4 Å². The van der Waals surface area contributed by atoms with Crippen LogP contribution in [0.5, 0.6) is 0 Å². The Labute approximate surface area is 169 Å².